The molecule has 0 bridgehead atoms. The molecule has 4 aromatic heterocycles. The van der Waals surface area contributed by atoms with Gasteiger partial charge in [-0.05, 0) is 13.0 Å². The maximum Gasteiger partial charge on any atom is 0.155 e. The van der Waals surface area contributed by atoms with Crippen LogP contribution >= 0.6 is 25.1 Å². The Bertz CT molecular complexity index is 1220. The molecule has 0 saturated heterocycles. The van der Waals surface area contributed by atoms with E-state index in [0.717, 1.165) is 11.1 Å². The summed E-state index contributed by atoms with van der Waals surface area (Å²) in [6, 6.07) is 3.64. The maximum atomic E-state index is 9.36. The first kappa shape index (κ1) is 20.4. The lowest BCUT2D eigenvalue weighted by Gasteiger charge is -2.18. The second-order valence-electron chi connectivity index (χ2n) is 6.16. The molecule has 0 unspecified atom stereocenters. The summed E-state index contributed by atoms with van der Waals surface area (Å²) in [5.74, 6) is 0.467. The molecule has 0 aliphatic carbocycles. The summed E-state index contributed by atoms with van der Waals surface area (Å²) in [6.07, 6.45) is 6.43. The van der Waals surface area contributed by atoms with Crippen LogP contribution in [0.2, 0.25) is 5.15 Å². The van der Waals surface area contributed by atoms with Gasteiger partial charge in [-0.1, -0.05) is 11.6 Å². The molecule has 4 heterocycles. The van der Waals surface area contributed by atoms with Gasteiger partial charge in [0.25, 0.3) is 0 Å². The number of rotatable bonds is 4. The Morgan fingerprint density at radius 2 is 2.07 bits per heavy atom. The third-order valence-electron chi connectivity index (χ3n) is 4.27. The number of imidazole rings is 1. The molecule has 0 aromatic carbocycles. The van der Waals surface area contributed by atoms with Crippen LogP contribution in [0, 0.1) is 11.3 Å². The zero-order valence-electron chi connectivity index (χ0n) is 15.5. The molecule has 0 radical (unpaired) electrons. The van der Waals surface area contributed by atoms with Crippen LogP contribution < -0.4 is 11.1 Å². The third-order valence-corrected chi connectivity index (χ3v) is 4.52. The molecule has 0 aliphatic rings. The number of nitrogens with two attached hydrogens (primary N) is 1. The molecule has 29 heavy (non-hydrogen) atoms. The SMILES string of the molecule is C[C@H](Nc1ncnc(N)c1C#N)c1cc2ncc(Cl)n2nc1-c1cnn(C)c1.S. The minimum absolute atomic E-state index is 0. The Hall–Kier alpha value is -3.36. The normalized spacial score (nSPS) is 11.7. The van der Waals surface area contributed by atoms with Gasteiger partial charge in [0.1, 0.15) is 29.6 Å². The zero-order valence-corrected chi connectivity index (χ0v) is 17.3. The summed E-state index contributed by atoms with van der Waals surface area (Å²) in [6.45, 7) is 1.93. The highest BCUT2D eigenvalue weighted by molar-refractivity contribution is 7.59. The monoisotopic (exact) mass is 428 g/mol. The molecule has 148 valence electrons. The van der Waals surface area contributed by atoms with E-state index in [1.54, 1.807) is 15.4 Å². The fourth-order valence-corrected chi connectivity index (χ4v) is 3.07. The first-order valence-corrected chi connectivity index (χ1v) is 8.66. The van der Waals surface area contributed by atoms with Gasteiger partial charge < -0.3 is 11.1 Å². The van der Waals surface area contributed by atoms with Crippen molar-refractivity contribution in [1.29, 1.82) is 5.26 Å². The van der Waals surface area contributed by atoms with Gasteiger partial charge in [0.05, 0.1) is 24.1 Å². The van der Waals surface area contributed by atoms with Crippen molar-refractivity contribution < 1.29 is 0 Å². The van der Waals surface area contributed by atoms with Gasteiger partial charge in [-0.25, -0.2) is 19.5 Å². The van der Waals surface area contributed by atoms with Gasteiger partial charge in [-0.2, -0.15) is 29.0 Å². The number of hydrogen-bond donors (Lipinski definition) is 2. The maximum absolute atomic E-state index is 9.36. The fourth-order valence-electron chi connectivity index (χ4n) is 2.90. The number of anilines is 2. The summed E-state index contributed by atoms with van der Waals surface area (Å²) in [4.78, 5) is 12.3. The van der Waals surface area contributed by atoms with E-state index < -0.39 is 0 Å². The third kappa shape index (κ3) is 3.67. The van der Waals surface area contributed by atoms with Gasteiger partial charge in [0, 0.05) is 24.4 Å². The van der Waals surface area contributed by atoms with Crippen LogP contribution in [-0.2, 0) is 7.05 Å². The first-order valence-electron chi connectivity index (χ1n) is 8.28. The van der Waals surface area contributed by atoms with Crippen molar-refractivity contribution in [2.75, 3.05) is 11.1 Å². The Balaban J connectivity index is 0.00000240. The summed E-state index contributed by atoms with van der Waals surface area (Å²) in [5, 5.41) is 21.9. The van der Waals surface area contributed by atoms with Crippen LogP contribution in [0.4, 0.5) is 11.6 Å². The fraction of sp³-hybridized carbons (Fsp3) is 0.176. The van der Waals surface area contributed by atoms with Gasteiger partial charge in [0.15, 0.2) is 10.8 Å². The summed E-state index contributed by atoms with van der Waals surface area (Å²) >= 11 is 6.19. The number of nitriles is 1. The molecule has 4 rings (SSSR count). The average molecular weight is 429 g/mol. The standard InChI is InChI=1S/C17H15ClN10.H2S/c1-9(25-17-12(4-19)16(20)22-8-23-17)11-3-14-21-6-13(18)28(14)26-15(11)10-5-24-27(2)7-10;/h3,5-9H,1-2H3,(H3,20,22,23,25);1H2/t9-;/m0./s1. The van der Waals surface area contributed by atoms with E-state index >= 15 is 0 Å². The molecule has 0 saturated carbocycles. The predicted molar refractivity (Wildman–Crippen MR) is 114 cm³/mol. The molecule has 4 aromatic rings. The minimum Gasteiger partial charge on any atom is -0.382 e. The molecule has 10 nitrogen and oxygen atoms in total. The number of hydrogen-bond acceptors (Lipinski definition) is 8. The molecular formula is C17H17ClN10S. The number of nitrogen functional groups attached to an aromatic ring is 1. The van der Waals surface area contributed by atoms with Crippen molar-refractivity contribution in [3.05, 3.63) is 47.3 Å². The summed E-state index contributed by atoms with van der Waals surface area (Å²) < 4.78 is 3.25. The Morgan fingerprint density at radius 3 is 2.76 bits per heavy atom. The molecule has 0 spiro atoms. The van der Waals surface area contributed by atoms with E-state index in [2.05, 4.69) is 30.5 Å². The topological polar surface area (TPSA) is 136 Å². The number of fused-ring (bicyclic) bond motifs is 1. The lowest BCUT2D eigenvalue weighted by molar-refractivity contribution is 0.767. The van der Waals surface area contributed by atoms with Crippen LogP contribution in [0.25, 0.3) is 16.9 Å². The minimum atomic E-state index is -0.274. The van der Waals surface area contributed by atoms with Crippen molar-refractivity contribution in [3.63, 3.8) is 0 Å². The van der Waals surface area contributed by atoms with E-state index in [4.69, 9.17) is 17.3 Å². The quantitative estimate of drug-likeness (QED) is 0.505. The van der Waals surface area contributed by atoms with E-state index in [1.807, 2.05) is 32.3 Å². The second-order valence-corrected chi connectivity index (χ2v) is 6.55. The average Bonchev–Trinajstić information content (AvgIpc) is 3.26. The van der Waals surface area contributed by atoms with E-state index in [9.17, 15) is 5.26 Å². The first-order chi connectivity index (χ1) is 13.5. The van der Waals surface area contributed by atoms with Crippen LogP contribution in [0.3, 0.4) is 0 Å². The van der Waals surface area contributed by atoms with Crippen molar-refractivity contribution in [3.8, 4) is 17.3 Å². The molecule has 0 fully saturated rings. The van der Waals surface area contributed by atoms with Gasteiger partial charge in [-0.15, -0.1) is 0 Å². The number of aromatic nitrogens is 7. The Kier molecular flexibility index (Phi) is 5.58. The van der Waals surface area contributed by atoms with Crippen LogP contribution in [0.5, 0.6) is 0 Å². The van der Waals surface area contributed by atoms with Crippen molar-refractivity contribution in [2.45, 2.75) is 13.0 Å². The highest BCUT2D eigenvalue weighted by Gasteiger charge is 2.20. The molecule has 12 heteroatoms. The van der Waals surface area contributed by atoms with Crippen LogP contribution in [0.1, 0.15) is 24.1 Å². The summed E-state index contributed by atoms with van der Waals surface area (Å²) in [7, 11) is 1.83. The molecule has 3 N–H and O–H groups in total. The number of nitrogens with one attached hydrogen (secondary N) is 1. The van der Waals surface area contributed by atoms with Crippen LogP contribution in [0.15, 0.2) is 31.0 Å². The van der Waals surface area contributed by atoms with Gasteiger partial charge in [-0.3, -0.25) is 4.68 Å². The van der Waals surface area contributed by atoms with Gasteiger partial charge in [0.2, 0.25) is 0 Å². The van der Waals surface area contributed by atoms with E-state index in [0.29, 0.717) is 22.3 Å². The molecular weight excluding hydrogens is 412 g/mol. The molecule has 1 atom stereocenters. The van der Waals surface area contributed by atoms with E-state index in [1.165, 1.54) is 12.5 Å². The smallest absolute Gasteiger partial charge is 0.155 e. The lowest BCUT2D eigenvalue weighted by Crippen LogP contribution is -2.13. The highest BCUT2D eigenvalue weighted by atomic mass is 35.5. The molecule has 0 amide bonds. The zero-order chi connectivity index (χ0) is 19.8. The van der Waals surface area contributed by atoms with Gasteiger partial charge >= 0.3 is 0 Å². The second kappa shape index (κ2) is 7.94. The van der Waals surface area contributed by atoms with Crippen LogP contribution in [-0.4, -0.2) is 34.3 Å². The number of halogens is 1. The van der Waals surface area contributed by atoms with Crippen molar-refractivity contribution >= 4 is 42.4 Å². The molecule has 0 aliphatic heterocycles. The lowest BCUT2D eigenvalue weighted by atomic mass is 10.0. The Labute approximate surface area is 177 Å². The summed E-state index contributed by atoms with van der Waals surface area (Å²) in [5.41, 5.74) is 8.91. The largest absolute Gasteiger partial charge is 0.382 e. The van der Waals surface area contributed by atoms with Crippen molar-refractivity contribution in [1.82, 2.24) is 34.3 Å². The van der Waals surface area contributed by atoms with Crippen molar-refractivity contribution in [2.24, 2.45) is 7.05 Å². The Morgan fingerprint density at radius 1 is 1.28 bits per heavy atom. The van der Waals surface area contributed by atoms with E-state index in [-0.39, 0.29) is 30.9 Å². The number of nitrogens with zero attached hydrogens (tertiary/aromatic N) is 8. The highest BCUT2D eigenvalue weighted by Crippen LogP contribution is 2.30. The number of aryl methyl sites for hydroxylation is 1. The predicted octanol–water partition coefficient (Wildman–Crippen LogP) is 2.31.